The molecule has 0 bridgehead atoms. The van der Waals surface area contributed by atoms with Crippen molar-refractivity contribution in [2.45, 2.75) is 6.42 Å². The van der Waals surface area contributed by atoms with Gasteiger partial charge in [-0.2, -0.15) is 0 Å². The van der Waals surface area contributed by atoms with E-state index in [0.717, 1.165) is 18.7 Å². The summed E-state index contributed by atoms with van der Waals surface area (Å²) in [5.74, 6) is 0.00458. The van der Waals surface area contributed by atoms with Crippen LogP contribution >= 0.6 is 12.4 Å². The topological polar surface area (TPSA) is 46.3 Å². The normalized spacial score (nSPS) is 13.4. The summed E-state index contributed by atoms with van der Waals surface area (Å²) in [6.07, 6.45) is 0.946. The molecule has 0 saturated carbocycles. The number of rotatable bonds is 1. The van der Waals surface area contributed by atoms with E-state index < -0.39 is 0 Å². The summed E-state index contributed by atoms with van der Waals surface area (Å²) < 4.78 is 0. The number of benzene rings is 1. The Bertz CT molecular complexity index is 341. The standard InChI is InChI=1S/C10H12N2O.ClH/c11-7-10(13)12-6-5-8-3-1-2-4-9(8)12;/h1-4H,5-7,11H2;1H. The highest BCUT2D eigenvalue weighted by atomic mass is 35.5. The average Bonchev–Trinajstić information content (AvgIpc) is 2.60. The van der Waals surface area contributed by atoms with E-state index >= 15 is 0 Å². The van der Waals surface area contributed by atoms with Crippen LogP contribution in [0.3, 0.4) is 0 Å². The Kier molecular flexibility index (Phi) is 3.49. The van der Waals surface area contributed by atoms with Crippen molar-refractivity contribution in [3.63, 3.8) is 0 Å². The highest BCUT2D eigenvalue weighted by Crippen LogP contribution is 2.26. The third kappa shape index (κ3) is 1.74. The van der Waals surface area contributed by atoms with Crippen LogP contribution < -0.4 is 10.6 Å². The lowest BCUT2D eigenvalue weighted by Crippen LogP contribution is -2.34. The molecule has 1 aromatic carbocycles. The van der Waals surface area contributed by atoms with Crippen molar-refractivity contribution in [2.75, 3.05) is 18.0 Å². The van der Waals surface area contributed by atoms with Crippen molar-refractivity contribution in [3.05, 3.63) is 29.8 Å². The Labute approximate surface area is 89.3 Å². The number of hydrogen-bond acceptors (Lipinski definition) is 2. The van der Waals surface area contributed by atoms with Crippen LogP contribution in [0.15, 0.2) is 24.3 Å². The van der Waals surface area contributed by atoms with E-state index in [1.54, 1.807) is 4.90 Å². The first-order chi connectivity index (χ1) is 6.33. The van der Waals surface area contributed by atoms with Gasteiger partial charge in [-0.1, -0.05) is 18.2 Å². The van der Waals surface area contributed by atoms with E-state index in [1.165, 1.54) is 5.56 Å². The molecule has 0 atom stereocenters. The van der Waals surface area contributed by atoms with E-state index in [9.17, 15) is 4.79 Å². The molecule has 0 saturated heterocycles. The van der Waals surface area contributed by atoms with Gasteiger partial charge in [-0.25, -0.2) is 0 Å². The summed E-state index contributed by atoms with van der Waals surface area (Å²) >= 11 is 0. The van der Waals surface area contributed by atoms with Gasteiger partial charge in [-0.15, -0.1) is 12.4 Å². The van der Waals surface area contributed by atoms with Gasteiger partial charge in [-0.3, -0.25) is 4.79 Å². The Balaban J connectivity index is 0.000000980. The molecule has 4 heteroatoms. The van der Waals surface area contributed by atoms with E-state index in [0.29, 0.717) is 0 Å². The lowest BCUT2D eigenvalue weighted by Gasteiger charge is -2.15. The first kappa shape index (κ1) is 11.0. The second-order valence-corrected chi connectivity index (χ2v) is 3.13. The first-order valence-electron chi connectivity index (χ1n) is 4.41. The minimum absolute atomic E-state index is 0. The van der Waals surface area contributed by atoms with Crippen LogP contribution in [0.5, 0.6) is 0 Å². The smallest absolute Gasteiger partial charge is 0.240 e. The van der Waals surface area contributed by atoms with Crippen molar-refractivity contribution >= 4 is 24.0 Å². The third-order valence-corrected chi connectivity index (χ3v) is 2.36. The lowest BCUT2D eigenvalue weighted by molar-refractivity contribution is -0.117. The summed E-state index contributed by atoms with van der Waals surface area (Å²) in [4.78, 5) is 13.1. The lowest BCUT2D eigenvalue weighted by atomic mass is 10.2. The van der Waals surface area contributed by atoms with Crippen molar-refractivity contribution < 1.29 is 4.79 Å². The van der Waals surface area contributed by atoms with E-state index in [4.69, 9.17) is 5.73 Å². The quantitative estimate of drug-likeness (QED) is 0.754. The zero-order valence-corrected chi connectivity index (χ0v) is 8.59. The highest BCUT2D eigenvalue weighted by molar-refractivity contribution is 5.96. The number of amides is 1. The Morgan fingerprint density at radius 2 is 2.14 bits per heavy atom. The summed E-state index contributed by atoms with van der Waals surface area (Å²) in [6, 6.07) is 7.96. The molecule has 0 fully saturated rings. The number of carbonyl (C=O) groups excluding carboxylic acids is 1. The van der Waals surface area contributed by atoms with Crippen LogP contribution in [0.4, 0.5) is 5.69 Å². The fourth-order valence-electron chi connectivity index (χ4n) is 1.71. The van der Waals surface area contributed by atoms with E-state index in [2.05, 4.69) is 6.07 Å². The van der Waals surface area contributed by atoms with E-state index in [1.807, 2.05) is 18.2 Å². The Hall–Kier alpha value is -1.06. The number of halogens is 1. The van der Waals surface area contributed by atoms with Gasteiger partial charge >= 0.3 is 0 Å². The molecule has 1 heterocycles. The van der Waals surface area contributed by atoms with Crippen molar-refractivity contribution in [2.24, 2.45) is 5.73 Å². The second-order valence-electron chi connectivity index (χ2n) is 3.13. The molecule has 2 rings (SSSR count). The van der Waals surface area contributed by atoms with Crippen molar-refractivity contribution in [1.82, 2.24) is 0 Å². The SMILES string of the molecule is Cl.NCC(=O)N1CCc2ccccc21. The molecular formula is C10H13ClN2O. The molecule has 2 N–H and O–H groups in total. The van der Waals surface area contributed by atoms with Gasteiger partial charge in [0.2, 0.25) is 5.91 Å². The van der Waals surface area contributed by atoms with Gasteiger partial charge in [0.25, 0.3) is 0 Å². The number of nitrogens with zero attached hydrogens (tertiary/aromatic N) is 1. The highest BCUT2D eigenvalue weighted by Gasteiger charge is 2.22. The monoisotopic (exact) mass is 212 g/mol. The zero-order chi connectivity index (χ0) is 9.26. The summed E-state index contributed by atoms with van der Waals surface area (Å²) in [5.41, 5.74) is 7.58. The fraction of sp³-hybridized carbons (Fsp3) is 0.300. The molecule has 0 spiro atoms. The molecule has 14 heavy (non-hydrogen) atoms. The molecule has 0 aromatic heterocycles. The minimum atomic E-state index is 0. The van der Waals surface area contributed by atoms with Crippen LogP contribution in [0.2, 0.25) is 0 Å². The molecule has 0 unspecified atom stereocenters. The second kappa shape index (κ2) is 4.44. The van der Waals surface area contributed by atoms with Gasteiger partial charge in [0.15, 0.2) is 0 Å². The largest absolute Gasteiger partial charge is 0.322 e. The third-order valence-electron chi connectivity index (χ3n) is 2.36. The van der Waals surface area contributed by atoms with Crippen LogP contribution in [0.25, 0.3) is 0 Å². The molecule has 1 aromatic rings. The van der Waals surface area contributed by atoms with Crippen molar-refractivity contribution in [1.29, 1.82) is 0 Å². The maximum Gasteiger partial charge on any atom is 0.240 e. The van der Waals surface area contributed by atoms with Crippen LogP contribution in [-0.4, -0.2) is 19.0 Å². The van der Waals surface area contributed by atoms with Crippen LogP contribution in [0, 0.1) is 0 Å². The average molecular weight is 213 g/mol. The molecule has 1 amide bonds. The number of fused-ring (bicyclic) bond motifs is 1. The summed E-state index contributed by atoms with van der Waals surface area (Å²) in [6.45, 7) is 0.865. The maximum absolute atomic E-state index is 11.4. The molecule has 0 radical (unpaired) electrons. The van der Waals surface area contributed by atoms with Gasteiger partial charge < -0.3 is 10.6 Å². The van der Waals surface area contributed by atoms with Crippen molar-refractivity contribution in [3.8, 4) is 0 Å². The van der Waals surface area contributed by atoms with Gasteiger partial charge in [0.05, 0.1) is 6.54 Å². The number of anilines is 1. The van der Waals surface area contributed by atoms with Crippen LogP contribution in [-0.2, 0) is 11.2 Å². The van der Waals surface area contributed by atoms with E-state index in [-0.39, 0.29) is 24.9 Å². The molecule has 1 aliphatic heterocycles. The van der Waals surface area contributed by atoms with Gasteiger partial charge in [0, 0.05) is 12.2 Å². The molecule has 76 valence electrons. The minimum Gasteiger partial charge on any atom is -0.322 e. The van der Waals surface area contributed by atoms with Gasteiger partial charge in [0.1, 0.15) is 0 Å². The first-order valence-corrected chi connectivity index (χ1v) is 4.41. The molecule has 1 aliphatic rings. The molecule has 0 aliphatic carbocycles. The van der Waals surface area contributed by atoms with Gasteiger partial charge in [-0.05, 0) is 18.1 Å². The molecular weight excluding hydrogens is 200 g/mol. The molecule has 3 nitrogen and oxygen atoms in total. The predicted octanol–water partition coefficient (Wildman–Crippen LogP) is 0.956. The Morgan fingerprint density at radius 1 is 1.43 bits per heavy atom. The number of hydrogen-bond donors (Lipinski definition) is 1. The van der Waals surface area contributed by atoms with Crippen LogP contribution in [0.1, 0.15) is 5.56 Å². The fourth-order valence-corrected chi connectivity index (χ4v) is 1.71. The number of para-hydroxylation sites is 1. The Morgan fingerprint density at radius 3 is 2.86 bits per heavy atom. The zero-order valence-electron chi connectivity index (χ0n) is 7.77. The maximum atomic E-state index is 11.4. The number of nitrogens with two attached hydrogens (primary N) is 1. The summed E-state index contributed by atoms with van der Waals surface area (Å²) in [7, 11) is 0. The summed E-state index contributed by atoms with van der Waals surface area (Å²) in [5, 5.41) is 0. The number of carbonyl (C=O) groups is 1. The predicted molar refractivity (Wildman–Crippen MR) is 58.8 cm³/mol.